The number of carbonyl (C=O) groups is 1. The molecule has 1 amide bonds. The molecule has 0 radical (unpaired) electrons. The van der Waals surface area contributed by atoms with Gasteiger partial charge in [0.15, 0.2) is 0 Å². The van der Waals surface area contributed by atoms with Crippen molar-refractivity contribution in [2.45, 2.75) is 22.6 Å². The minimum atomic E-state index is -2.60. The molecule has 0 aliphatic rings. The second-order valence-corrected chi connectivity index (χ2v) is 6.80. The van der Waals surface area contributed by atoms with Crippen LogP contribution in [0.15, 0.2) is 52.5 Å². The van der Waals surface area contributed by atoms with E-state index < -0.39 is 5.76 Å². The van der Waals surface area contributed by atoms with E-state index in [1.165, 1.54) is 17.8 Å². The highest BCUT2D eigenvalue weighted by Gasteiger charge is 2.16. The number of carbonyl (C=O) groups excluding carboxylic acids is 1. The van der Waals surface area contributed by atoms with Crippen molar-refractivity contribution < 1.29 is 13.6 Å². The largest absolute Gasteiger partial charge is 0.351 e. The molecule has 1 heterocycles. The Labute approximate surface area is 142 Å². The molecule has 7 heteroatoms. The predicted molar refractivity (Wildman–Crippen MR) is 90.3 cm³/mol. The normalized spacial score (nSPS) is 10.8. The summed E-state index contributed by atoms with van der Waals surface area (Å²) >= 11 is 1.91. The van der Waals surface area contributed by atoms with Crippen LogP contribution in [-0.4, -0.2) is 28.9 Å². The van der Waals surface area contributed by atoms with Crippen molar-refractivity contribution in [1.82, 2.24) is 10.3 Å². The standard InChI is InChI=1S/C16H16F2N2OS2/c1-11-4-6-12(7-5-11)22-10-9-19-14(21)13-3-2-8-20-15(13)23-16(17)18/h2-8,16H,9-10H2,1H3,(H,19,21). The fraction of sp³-hybridized carbons (Fsp3) is 0.250. The summed E-state index contributed by atoms with van der Waals surface area (Å²) in [5.41, 5.74) is 1.38. The molecule has 122 valence electrons. The van der Waals surface area contributed by atoms with Gasteiger partial charge in [0.05, 0.1) is 5.56 Å². The monoisotopic (exact) mass is 354 g/mol. The van der Waals surface area contributed by atoms with Gasteiger partial charge in [-0.05, 0) is 43.0 Å². The lowest BCUT2D eigenvalue weighted by molar-refractivity contribution is 0.0952. The van der Waals surface area contributed by atoms with Crippen LogP contribution in [0.1, 0.15) is 15.9 Å². The Morgan fingerprint density at radius 2 is 2.00 bits per heavy atom. The molecule has 0 saturated heterocycles. The van der Waals surface area contributed by atoms with Crippen LogP contribution in [0.2, 0.25) is 0 Å². The van der Waals surface area contributed by atoms with Crippen molar-refractivity contribution in [1.29, 1.82) is 0 Å². The highest BCUT2D eigenvalue weighted by Crippen LogP contribution is 2.26. The van der Waals surface area contributed by atoms with Crippen LogP contribution in [0.25, 0.3) is 0 Å². The Bertz CT molecular complexity index is 651. The van der Waals surface area contributed by atoms with Crippen molar-refractivity contribution in [3.8, 4) is 0 Å². The van der Waals surface area contributed by atoms with E-state index in [2.05, 4.69) is 10.3 Å². The summed E-state index contributed by atoms with van der Waals surface area (Å²) in [6.45, 7) is 2.47. The van der Waals surface area contributed by atoms with E-state index in [9.17, 15) is 13.6 Å². The van der Waals surface area contributed by atoms with Crippen molar-refractivity contribution in [2.24, 2.45) is 0 Å². The Balaban J connectivity index is 1.84. The van der Waals surface area contributed by atoms with E-state index in [1.54, 1.807) is 17.8 Å². The quantitative estimate of drug-likeness (QED) is 0.597. The van der Waals surface area contributed by atoms with Crippen LogP contribution in [0.4, 0.5) is 8.78 Å². The first-order valence-corrected chi connectivity index (χ1v) is 8.80. The topological polar surface area (TPSA) is 42.0 Å². The second kappa shape index (κ2) is 8.88. The lowest BCUT2D eigenvalue weighted by atomic mass is 10.2. The van der Waals surface area contributed by atoms with E-state index in [0.29, 0.717) is 12.3 Å². The SMILES string of the molecule is Cc1ccc(SCCNC(=O)c2cccnc2SC(F)F)cc1. The van der Waals surface area contributed by atoms with Gasteiger partial charge in [-0.15, -0.1) is 11.8 Å². The summed E-state index contributed by atoms with van der Waals surface area (Å²) in [6.07, 6.45) is 1.40. The number of alkyl halides is 2. The summed E-state index contributed by atoms with van der Waals surface area (Å²) in [6, 6.07) is 11.2. The number of nitrogens with one attached hydrogen (secondary N) is 1. The lowest BCUT2D eigenvalue weighted by Crippen LogP contribution is -2.26. The van der Waals surface area contributed by atoms with Crippen LogP contribution in [0.3, 0.4) is 0 Å². The molecule has 1 N–H and O–H groups in total. The van der Waals surface area contributed by atoms with E-state index in [-0.39, 0.29) is 28.3 Å². The van der Waals surface area contributed by atoms with Crippen molar-refractivity contribution in [3.05, 3.63) is 53.7 Å². The average molecular weight is 354 g/mol. The number of hydrogen-bond donors (Lipinski definition) is 1. The zero-order valence-corrected chi connectivity index (χ0v) is 14.1. The van der Waals surface area contributed by atoms with Crippen LogP contribution >= 0.6 is 23.5 Å². The molecular weight excluding hydrogens is 338 g/mol. The molecule has 2 aromatic rings. The summed E-state index contributed by atoms with van der Waals surface area (Å²) < 4.78 is 24.9. The molecule has 0 spiro atoms. The smallest absolute Gasteiger partial charge is 0.290 e. The third-order valence-electron chi connectivity index (χ3n) is 2.89. The van der Waals surface area contributed by atoms with E-state index in [0.717, 1.165) is 4.90 Å². The molecule has 1 aromatic heterocycles. The number of pyridine rings is 1. The fourth-order valence-corrected chi connectivity index (χ4v) is 3.15. The zero-order chi connectivity index (χ0) is 16.7. The van der Waals surface area contributed by atoms with Gasteiger partial charge in [-0.3, -0.25) is 4.79 Å². The lowest BCUT2D eigenvalue weighted by Gasteiger charge is -2.08. The number of amides is 1. The average Bonchev–Trinajstić information content (AvgIpc) is 2.53. The Hall–Kier alpha value is -1.60. The number of rotatable bonds is 7. The van der Waals surface area contributed by atoms with Gasteiger partial charge in [-0.25, -0.2) is 4.98 Å². The van der Waals surface area contributed by atoms with Gasteiger partial charge in [-0.2, -0.15) is 8.78 Å². The van der Waals surface area contributed by atoms with Crippen molar-refractivity contribution in [3.63, 3.8) is 0 Å². The molecule has 3 nitrogen and oxygen atoms in total. The van der Waals surface area contributed by atoms with Crippen LogP contribution in [-0.2, 0) is 0 Å². The molecule has 0 unspecified atom stereocenters. The van der Waals surface area contributed by atoms with E-state index >= 15 is 0 Å². The first-order chi connectivity index (χ1) is 11.1. The van der Waals surface area contributed by atoms with Gasteiger partial charge in [-0.1, -0.05) is 17.7 Å². The van der Waals surface area contributed by atoms with Gasteiger partial charge < -0.3 is 5.32 Å². The minimum absolute atomic E-state index is 0.0474. The number of benzene rings is 1. The van der Waals surface area contributed by atoms with Gasteiger partial charge in [0.1, 0.15) is 5.03 Å². The number of nitrogens with zero attached hydrogens (tertiary/aromatic N) is 1. The van der Waals surface area contributed by atoms with Crippen molar-refractivity contribution in [2.75, 3.05) is 12.3 Å². The summed E-state index contributed by atoms with van der Waals surface area (Å²) in [5.74, 6) is -2.29. The number of hydrogen-bond acceptors (Lipinski definition) is 4. The third-order valence-corrected chi connectivity index (χ3v) is 4.63. The number of thioether (sulfide) groups is 2. The predicted octanol–water partition coefficient (Wildman–Crippen LogP) is 4.23. The molecular formula is C16H16F2N2OS2. The minimum Gasteiger partial charge on any atom is -0.351 e. The molecule has 1 aromatic carbocycles. The zero-order valence-electron chi connectivity index (χ0n) is 12.5. The number of halogens is 2. The Morgan fingerprint density at radius 1 is 1.26 bits per heavy atom. The molecule has 2 rings (SSSR count). The molecule has 0 atom stereocenters. The van der Waals surface area contributed by atoms with Crippen LogP contribution in [0, 0.1) is 6.92 Å². The molecule has 0 aliphatic carbocycles. The molecule has 0 bridgehead atoms. The van der Waals surface area contributed by atoms with Gasteiger partial charge in [0, 0.05) is 23.4 Å². The maximum absolute atomic E-state index is 12.5. The Kier molecular flexibility index (Phi) is 6.85. The third kappa shape index (κ3) is 5.84. The Morgan fingerprint density at radius 3 is 2.70 bits per heavy atom. The number of aromatic nitrogens is 1. The van der Waals surface area contributed by atoms with E-state index in [1.807, 2.05) is 31.2 Å². The van der Waals surface area contributed by atoms with E-state index in [4.69, 9.17) is 0 Å². The summed E-state index contributed by atoms with van der Waals surface area (Å²) in [7, 11) is 0. The fourth-order valence-electron chi connectivity index (χ4n) is 1.81. The first-order valence-electron chi connectivity index (χ1n) is 6.94. The molecule has 0 fully saturated rings. The second-order valence-electron chi connectivity index (χ2n) is 4.65. The summed E-state index contributed by atoms with van der Waals surface area (Å²) in [5, 5.41) is 2.78. The summed E-state index contributed by atoms with van der Waals surface area (Å²) in [4.78, 5) is 17.1. The number of aryl methyl sites for hydroxylation is 1. The maximum Gasteiger partial charge on any atom is 0.290 e. The van der Waals surface area contributed by atoms with Crippen LogP contribution in [0.5, 0.6) is 0 Å². The van der Waals surface area contributed by atoms with Gasteiger partial charge in [0.25, 0.3) is 11.7 Å². The highest BCUT2D eigenvalue weighted by atomic mass is 32.2. The first kappa shape index (κ1) is 17.7. The molecule has 0 aliphatic heterocycles. The molecule has 23 heavy (non-hydrogen) atoms. The van der Waals surface area contributed by atoms with Gasteiger partial charge in [0.2, 0.25) is 0 Å². The van der Waals surface area contributed by atoms with Crippen LogP contribution < -0.4 is 5.32 Å². The van der Waals surface area contributed by atoms with Crippen molar-refractivity contribution >= 4 is 29.4 Å². The highest BCUT2D eigenvalue weighted by molar-refractivity contribution is 7.99. The maximum atomic E-state index is 12.5. The molecule has 0 saturated carbocycles. The van der Waals surface area contributed by atoms with Gasteiger partial charge >= 0.3 is 0 Å².